The van der Waals surface area contributed by atoms with Gasteiger partial charge in [0.1, 0.15) is 5.82 Å². The van der Waals surface area contributed by atoms with E-state index in [2.05, 4.69) is 35.9 Å². The number of amides is 1. The van der Waals surface area contributed by atoms with Crippen LogP contribution in [0.3, 0.4) is 0 Å². The van der Waals surface area contributed by atoms with Crippen molar-refractivity contribution in [3.05, 3.63) is 84.0 Å². The van der Waals surface area contributed by atoms with Crippen molar-refractivity contribution in [3.63, 3.8) is 0 Å². The average molecular weight is 536 g/mol. The topological polar surface area (TPSA) is 105 Å². The third kappa shape index (κ3) is 5.95. The van der Waals surface area contributed by atoms with Gasteiger partial charge >= 0.3 is 0 Å². The van der Waals surface area contributed by atoms with Crippen LogP contribution < -0.4 is 16.0 Å². The van der Waals surface area contributed by atoms with Gasteiger partial charge in [0.15, 0.2) is 16.6 Å². The Morgan fingerprint density at radius 1 is 1.14 bits per heavy atom. The van der Waals surface area contributed by atoms with Gasteiger partial charge in [-0.05, 0) is 68.2 Å². The average Bonchev–Trinajstić information content (AvgIpc) is 3.36. The molecule has 5 rings (SSSR count). The van der Waals surface area contributed by atoms with Crippen LogP contribution in [-0.4, -0.2) is 45.5 Å². The Kier molecular flexibility index (Phi) is 7.73. The predicted molar refractivity (Wildman–Crippen MR) is 143 cm³/mol. The van der Waals surface area contributed by atoms with E-state index in [-0.39, 0.29) is 11.1 Å². The Balaban J connectivity index is 1.27. The van der Waals surface area contributed by atoms with Crippen molar-refractivity contribution in [2.45, 2.75) is 34.3 Å². The molecule has 1 amide bonds. The van der Waals surface area contributed by atoms with E-state index in [1.165, 1.54) is 29.3 Å². The number of piperidine rings is 1. The van der Waals surface area contributed by atoms with E-state index < -0.39 is 11.7 Å². The van der Waals surface area contributed by atoms with Crippen LogP contribution in [0.15, 0.2) is 70.4 Å². The third-order valence-corrected chi connectivity index (χ3v) is 8.39. The first-order valence-electron chi connectivity index (χ1n) is 11.9. The van der Waals surface area contributed by atoms with Crippen LogP contribution in [0.5, 0.6) is 0 Å². The Morgan fingerprint density at radius 2 is 1.97 bits per heavy atom. The summed E-state index contributed by atoms with van der Waals surface area (Å²) in [5, 5.41) is 10.1. The van der Waals surface area contributed by atoms with E-state index >= 15 is 4.39 Å². The number of carbonyl (C=O) groups is 1. The Morgan fingerprint density at radius 3 is 2.76 bits per heavy atom. The standard InChI is InChI=1S/C26H26FN7OS2/c1-17-4-9-30-20(13-17)34-25-32-15-21(37-25)36-19-5-10-31-23(22(19)27)24(35)33-16-26(6-11-28-12-7-26)18-3-2-8-29-14-18/h2-5,8-10,13-15,28H,6-7,11-12,16H2,1H3,(H,33,35)(H,30,32,34). The van der Waals surface area contributed by atoms with Crippen molar-refractivity contribution in [1.82, 2.24) is 30.6 Å². The van der Waals surface area contributed by atoms with Gasteiger partial charge in [-0.2, -0.15) is 0 Å². The molecule has 0 radical (unpaired) electrons. The second-order valence-electron chi connectivity index (χ2n) is 8.86. The summed E-state index contributed by atoms with van der Waals surface area (Å²) >= 11 is 2.59. The van der Waals surface area contributed by atoms with Gasteiger partial charge in [-0.1, -0.05) is 29.2 Å². The van der Waals surface area contributed by atoms with Crippen LogP contribution in [0.4, 0.5) is 15.3 Å². The van der Waals surface area contributed by atoms with Crippen LogP contribution >= 0.6 is 23.1 Å². The molecule has 5 heterocycles. The van der Waals surface area contributed by atoms with Gasteiger partial charge < -0.3 is 16.0 Å². The molecule has 0 aliphatic carbocycles. The molecule has 1 aliphatic rings. The Labute approximate surface area is 222 Å². The fourth-order valence-corrected chi connectivity index (χ4v) is 6.20. The van der Waals surface area contributed by atoms with Crippen LogP contribution in [-0.2, 0) is 5.41 Å². The fourth-order valence-electron chi connectivity index (χ4n) is 4.33. The molecule has 8 nitrogen and oxygen atoms in total. The summed E-state index contributed by atoms with van der Waals surface area (Å²) in [5.74, 6) is -0.481. The van der Waals surface area contributed by atoms with Crippen LogP contribution in [0, 0.1) is 12.7 Å². The number of carbonyl (C=O) groups excluding carboxylic acids is 1. The highest BCUT2D eigenvalue weighted by atomic mass is 32.2. The number of pyridine rings is 3. The summed E-state index contributed by atoms with van der Waals surface area (Å²) in [4.78, 5) is 30.3. The molecule has 4 aromatic heterocycles. The molecule has 0 aromatic carbocycles. The minimum absolute atomic E-state index is 0.216. The number of anilines is 2. The van der Waals surface area contributed by atoms with Gasteiger partial charge in [0.25, 0.3) is 5.91 Å². The molecule has 190 valence electrons. The largest absolute Gasteiger partial charge is 0.350 e. The molecule has 11 heteroatoms. The van der Waals surface area contributed by atoms with Crippen molar-refractivity contribution in [2.75, 3.05) is 25.0 Å². The van der Waals surface area contributed by atoms with E-state index in [1.54, 1.807) is 24.7 Å². The summed E-state index contributed by atoms with van der Waals surface area (Å²) in [6.07, 6.45) is 10.1. The van der Waals surface area contributed by atoms with Gasteiger partial charge in [-0.15, -0.1) is 0 Å². The van der Waals surface area contributed by atoms with Crippen molar-refractivity contribution < 1.29 is 9.18 Å². The molecule has 0 saturated carbocycles. The van der Waals surface area contributed by atoms with Gasteiger partial charge in [0, 0.05) is 36.7 Å². The second-order valence-corrected chi connectivity index (χ2v) is 11.2. The summed E-state index contributed by atoms with van der Waals surface area (Å²) in [6.45, 7) is 4.06. The number of thiazole rings is 1. The molecule has 37 heavy (non-hydrogen) atoms. The molecule has 1 saturated heterocycles. The number of halogens is 1. The number of hydrogen-bond acceptors (Lipinski definition) is 9. The molecule has 0 atom stereocenters. The minimum Gasteiger partial charge on any atom is -0.350 e. The zero-order valence-electron chi connectivity index (χ0n) is 20.2. The van der Waals surface area contributed by atoms with Crippen molar-refractivity contribution in [2.24, 2.45) is 0 Å². The van der Waals surface area contributed by atoms with Crippen molar-refractivity contribution >= 4 is 40.0 Å². The zero-order chi connectivity index (χ0) is 25.7. The second kappa shape index (κ2) is 11.3. The number of aromatic nitrogens is 4. The minimum atomic E-state index is -0.644. The molecule has 0 spiro atoms. The smallest absolute Gasteiger partial charge is 0.273 e. The molecule has 1 aliphatic heterocycles. The van der Waals surface area contributed by atoms with E-state index in [4.69, 9.17) is 0 Å². The van der Waals surface area contributed by atoms with Crippen molar-refractivity contribution in [3.8, 4) is 0 Å². The molecule has 0 bridgehead atoms. The number of aryl methyl sites for hydroxylation is 1. The maximum absolute atomic E-state index is 15.4. The number of nitrogens with one attached hydrogen (secondary N) is 3. The summed E-state index contributed by atoms with van der Waals surface area (Å²) in [6, 6.07) is 9.34. The van der Waals surface area contributed by atoms with Crippen LogP contribution in [0.1, 0.15) is 34.5 Å². The van der Waals surface area contributed by atoms with E-state index in [9.17, 15) is 4.79 Å². The van der Waals surface area contributed by atoms with E-state index in [1.807, 2.05) is 37.4 Å². The van der Waals surface area contributed by atoms with Gasteiger partial charge in [-0.25, -0.2) is 19.3 Å². The monoisotopic (exact) mass is 535 g/mol. The first kappa shape index (κ1) is 25.2. The molecule has 4 aromatic rings. The van der Waals surface area contributed by atoms with Crippen LogP contribution in [0.25, 0.3) is 0 Å². The fraction of sp³-hybridized carbons (Fsp3) is 0.269. The lowest BCUT2D eigenvalue weighted by atomic mass is 9.73. The van der Waals surface area contributed by atoms with Gasteiger partial charge in [0.2, 0.25) is 0 Å². The molecular formula is C26H26FN7OS2. The Bertz CT molecular complexity index is 1380. The van der Waals surface area contributed by atoms with Crippen molar-refractivity contribution in [1.29, 1.82) is 0 Å². The lowest BCUT2D eigenvalue weighted by molar-refractivity contribution is 0.0927. The third-order valence-electron chi connectivity index (χ3n) is 6.34. The predicted octanol–water partition coefficient (Wildman–Crippen LogP) is 4.72. The lowest BCUT2D eigenvalue weighted by Crippen LogP contribution is -2.48. The first-order valence-corrected chi connectivity index (χ1v) is 13.5. The Hall–Kier alpha value is -3.41. The van der Waals surface area contributed by atoms with Gasteiger partial charge in [0.05, 0.1) is 15.3 Å². The molecule has 3 N–H and O–H groups in total. The first-order chi connectivity index (χ1) is 18.0. The SMILES string of the molecule is Cc1ccnc(Nc2ncc(Sc3ccnc(C(=O)NCC4(c5cccnc5)CCNCC4)c3F)s2)c1. The zero-order valence-corrected chi connectivity index (χ0v) is 21.8. The summed E-state index contributed by atoms with van der Waals surface area (Å²) in [7, 11) is 0. The summed E-state index contributed by atoms with van der Waals surface area (Å²) < 4.78 is 16.2. The van der Waals surface area contributed by atoms with Crippen LogP contribution in [0.2, 0.25) is 0 Å². The number of rotatable bonds is 8. The molecule has 1 fully saturated rings. The highest BCUT2D eigenvalue weighted by Gasteiger charge is 2.35. The van der Waals surface area contributed by atoms with Gasteiger partial charge in [-0.3, -0.25) is 9.78 Å². The summed E-state index contributed by atoms with van der Waals surface area (Å²) in [5.41, 5.74) is 1.69. The maximum atomic E-state index is 15.4. The van der Waals surface area contributed by atoms with E-state index in [0.29, 0.717) is 22.4 Å². The molecule has 0 unspecified atom stereocenters. The normalized spacial score (nSPS) is 14.8. The quantitative estimate of drug-likeness (QED) is 0.298. The number of hydrogen-bond donors (Lipinski definition) is 3. The maximum Gasteiger partial charge on any atom is 0.273 e. The number of nitrogens with zero attached hydrogens (tertiary/aromatic N) is 4. The molecular weight excluding hydrogens is 509 g/mol. The highest BCUT2D eigenvalue weighted by molar-refractivity contribution is 8.01. The van der Waals surface area contributed by atoms with E-state index in [0.717, 1.165) is 41.3 Å². The lowest BCUT2D eigenvalue weighted by Gasteiger charge is -2.38. The highest BCUT2D eigenvalue weighted by Crippen LogP contribution is 2.37.